The normalized spacial score (nSPS) is 12.3. The molecular weight excluding hydrogens is 606 g/mol. The van der Waals surface area contributed by atoms with Crippen LogP contribution in [-0.2, 0) is 32.6 Å². The summed E-state index contributed by atoms with van der Waals surface area (Å²) in [6, 6.07) is 29.2. The molecule has 0 fully saturated rings. The molecule has 0 bridgehead atoms. The monoisotopic (exact) mass is 645 g/mol. The number of aryl methyl sites for hydroxylation is 2. The molecule has 7 nitrogen and oxygen atoms in total. The number of rotatable bonds is 11. The zero-order chi connectivity index (χ0) is 32.8. The largest absolute Gasteiger partial charge is 0.350 e. The summed E-state index contributed by atoms with van der Waals surface area (Å²) < 4.78 is 29.5. The molecule has 1 N–H and O–H groups in total. The quantitative estimate of drug-likeness (QED) is 0.197. The number of amides is 2. The van der Waals surface area contributed by atoms with Crippen LogP contribution in [-0.4, -0.2) is 43.3 Å². The van der Waals surface area contributed by atoms with E-state index in [0.29, 0.717) is 21.8 Å². The van der Waals surface area contributed by atoms with Crippen LogP contribution in [0.25, 0.3) is 0 Å². The molecule has 0 saturated heterocycles. The van der Waals surface area contributed by atoms with Gasteiger partial charge in [-0.3, -0.25) is 13.9 Å². The van der Waals surface area contributed by atoms with E-state index in [-0.39, 0.29) is 23.8 Å². The molecule has 4 rings (SSSR count). The Bertz CT molecular complexity index is 1740. The highest BCUT2D eigenvalue weighted by Crippen LogP contribution is 2.28. The molecular formula is C36H40ClN3O4S. The first-order valence-corrected chi connectivity index (χ1v) is 16.6. The minimum Gasteiger partial charge on any atom is -0.350 e. The van der Waals surface area contributed by atoms with Crippen LogP contribution in [0.2, 0.25) is 5.02 Å². The lowest BCUT2D eigenvalue weighted by Gasteiger charge is -2.35. The summed E-state index contributed by atoms with van der Waals surface area (Å²) in [6.07, 6.45) is 0.226. The van der Waals surface area contributed by atoms with Crippen LogP contribution in [0.15, 0.2) is 108 Å². The van der Waals surface area contributed by atoms with Gasteiger partial charge in [-0.2, -0.15) is 0 Å². The number of halogens is 1. The molecule has 0 aromatic heterocycles. The van der Waals surface area contributed by atoms with Crippen molar-refractivity contribution < 1.29 is 18.0 Å². The van der Waals surface area contributed by atoms with Gasteiger partial charge in [-0.05, 0) is 81.6 Å². The van der Waals surface area contributed by atoms with E-state index in [9.17, 15) is 18.0 Å². The van der Waals surface area contributed by atoms with Crippen LogP contribution < -0.4 is 9.62 Å². The summed E-state index contributed by atoms with van der Waals surface area (Å²) in [5, 5.41) is 3.52. The van der Waals surface area contributed by atoms with Gasteiger partial charge in [-0.1, -0.05) is 90.0 Å². The molecule has 1 atom stereocenters. The van der Waals surface area contributed by atoms with Gasteiger partial charge in [0.1, 0.15) is 12.6 Å². The topological polar surface area (TPSA) is 86.8 Å². The Morgan fingerprint density at radius 3 is 2.07 bits per heavy atom. The average Bonchev–Trinajstić information content (AvgIpc) is 2.98. The van der Waals surface area contributed by atoms with Crippen LogP contribution in [0.4, 0.5) is 5.69 Å². The predicted octanol–water partition coefficient (Wildman–Crippen LogP) is 6.71. The first kappa shape index (κ1) is 33.7. The van der Waals surface area contributed by atoms with Crippen molar-refractivity contribution in [3.8, 4) is 0 Å². The molecule has 0 aliphatic rings. The maximum atomic E-state index is 14.6. The van der Waals surface area contributed by atoms with E-state index in [2.05, 4.69) is 5.32 Å². The van der Waals surface area contributed by atoms with Crippen LogP contribution >= 0.6 is 11.6 Å². The number of carbonyl (C=O) groups is 2. The van der Waals surface area contributed by atoms with E-state index in [1.54, 1.807) is 67.6 Å². The van der Waals surface area contributed by atoms with Gasteiger partial charge in [0.2, 0.25) is 11.8 Å². The number of sulfonamides is 1. The molecule has 45 heavy (non-hydrogen) atoms. The molecule has 0 saturated carbocycles. The van der Waals surface area contributed by atoms with E-state index < -0.39 is 34.1 Å². The van der Waals surface area contributed by atoms with Crippen molar-refractivity contribution in [1.82, 2.24) is 10.2 Å². The van der Waals surface area contributed by atoms with Crippen molar-refractivity contribution >= 4 is 39.1 Å². The van der Waals surface area contributed by atoms with Gasteiger partial charge in [-0.25, -0.2) is 8.42 Å². The van der Waals surface area contributed by atoms with Crippen molar-refractivity contribution in [3.63, 3.8) is 0 Å². The van der Waals surface area contributed by atoms with Crippen molar-refractivity contribution in [2.24, 2.45) is 0 Å². The first-order chi connectivity index (χ1) is 21.2. The summed E-state index contributed by atoms with van der Waals surface area (Å²) in [7, 11) is -4.17. The minimum atomic E-state index is -4.17. The molecule has 4 aromatic rings. The third-order valence-electron chi connectivity index (χ3n) is 7.28. The Balaban J connectivity index is 1.83. The number of para-hydroxylation sites is 1. The molecule has 0 aliphatic carbocycles. The van der Waals surface area contributed by atoms with E-state index in [1.165, 1.54) is 4.90 Å². The molecule has 0 radical (unpaired) electrons. The second-order valence-electron chi connectivity index (χ2n) is 12.2. The van der Waals surface area contributed by atoms with Gasteiger partial charge in [-0.15, -0.1) is 0 Å². The third kappa shape index (κ3) is 8.96. The smallest absolute Gasteiger partial charge is 0.264 e. The van der Waals surface area contributed by atoms with Gasteiger partial charge < -0.3 is 10.2 Å². The van der Waals surface area contributed by atoms with Gasteiger partial charge in [0, 0.05) is 23.5 Å². The van der Waals surface area contributed by atoms with Gasteiger partial charge in [0.15, 0.2) is 0 Å². The van der Waals surface area contributed by atoms with E-state index in [1.807, 2.05) is 70.2 Å². The summed E-state index contributed by atoms with van der Waals surface area (Å²) >= 11 is 6.32. The Kier molecular flexibility index (Phi) is 10.7. The highest BCUT2D eigenvalue weighted by atomic mass is 35.5. The standard InChI is InChI=1S/C36H40ClN3O4S/c1-26-18-20-31(21-19-26)45(43,44)40(32-17-10-9-12-27(32)2)25-34(41)39(24-29-15-11-16-30(37)22-29)33(35(42)38-36(3,4)5)23-28-13-7-6-8-14-28/h6-22,33H,23-25H2,1-5H3,(H,38,42)/t33-/m0/s1. The maximum absolute atomic E-state index is 14.6. The second kappa shape index (κ2) is 14.3. The molecule has 4 aromatic carbocycles. The highest BCUT2D eigenvalue weighted by molar-refractivity contribution is 7.92. The van der Waals surface area contributed by atoms with E-state index in [4.69, 9.17) is 11.6 Å². The fourth-order valence-corrected chi connectivity index (χ4v) is 6.72. The second-order valence-corrected chi connectivity index (χ2v) is 14.5. The Morgan fingerprint density at radius 1 is 0.822 bits per heavy atom. The number of hydrogen-bond donors (Lipinski definition) is 1. The summed E-state index contributed by atoms with van der Waals surface area (Å²) in [5.41, 5.74) is 2.98. The summed E-state index contributed by atoms with van der Waals surface area (Å²) in [6.45, 7) is 8.83. The lowest BCUT2D eigenvalue weighted by molar-refractivity contribution is -0.140. The van der Waals surface area contributed by atoms with Crippen LogP contribution in [0, 0.1) is 13.8 Å². The average molecular weight is 646 g/mol. The Labute approximate surface area is 271 Å². The Hall–Kier alpha value is -4.14. The fraction of sp³-hybridized carbons (Fsp3) is 0.278. The van der Waals surface area contributed by atoms with Gasteiger partial charge in [0.05, 0.1) is 10.6 Å². The lowest BCUT2D eigenvalue weighted by atomic mass is 10.0. The first-order valence-electron chi connectivity index (χ1n) is 14.8. The lowest BCUT2D eigenvalue weighted by Crippen LogP contribution is -2.56. The molecule has 236 valence electrons. The van der Waals surface area contributed by atoms with Crippen molar-refractivity contribution in [2.75, 3.05) is 10.8 Å². The molecule has 2 amide bonds. The zero-order valence-electron chi connectivity index (χ0n) is 26.3. The zero-order valence-corrected chi connectivity index (χ0v) is 27.9. The van der Waals surface area contributed by atoms with Crippen LogP contribution in [0.1, 0.15) is 43.0 Å². The number of hydrogen-bond acceptors (Lipinski definition) is 4. The number of nitrogens with one attached hydrogen (secondary N) is 1. The molecule has 9 heteroatoms. The van der Waals surface area contributed by atoms with Gasteiger partial charge in [0.25, 0.3) is 10.0 Å². The van der Waals surface area contributed by atoms with E-state index >= 15 is 0 Å². The van der Waals surface area contributed by atoms with Crippen molar-refractivity contribution in [2.45, 2.75) is 64.1 Å². The molecule has 0 heterocycles. The predicted molar refractivity (Wildman–Crippen MR) is 181 cm³/mol. The van der Waals surface area contributed by atoms with E-state index in [0.717, 1.165) is 15.4 Å². The maximum Gasteiger partial charge on any atom is 0.264 e. The number of benzene rings is 4. The fourth-order valence-electron chi connectivity index (χ4n) is 5.03. The number of nitrogens with zero attached hydrogens (tertiary/aromatic N) is 2. The minimum absolute atomic E-state index is 0.0423. The van der Waals surface area contributed by atoms with Crippen LogP contribution in [0.3, 0.4) is 0 Å². The third-order valence-corrected chi connectivity index (χ3v) is 9.29. The van der Waals surface area contributed by atoms with Crippen molar-refractivity contribution in [3.05, 3.63) is 130 Å². The number of carbonyl (C=O) groups excluding carboxylic acids is 2. The molecule has 0 unspecified atom stereocenters. The van der Waals surface area contributed by atoms with Crippen LogP contribution in [0.5, 0.6) is 0 Å². The number of anilines is 1. The Morgan fingerprint density at radius 2 is 1.44 bits per heavy atom. The SMILES string of the molecule is Cc1ccc(S(=O)(=O)N(CC(=O)N(Cc2cccc(Cl)c2)[C@@H](Cc2ccccc2)C(=O)NC(C)(C)C)c2ccccc2C)cc1. The van der Waals surface area contributed by atoms with Crippen molar-refractivity contribution in [1.29, 1.82) is 0 Å². The summed E-state index contributed by atoms with van der Waals surface area (Å²) in [5.74, 6) is -0.871. The van der Waals surface area contributed by atoms with Gasteiger partial charge >= 0.3 is 0 Å². The highest BCUT2D eigenvalue weighted by Gasteiger charge is 2.36. The molecule has 0 spiro atoms. The molecule has 0 aliphatic heterocycles. The summed E-state index contributed by atoms with van der Waals surface area (Å²) in [4.78, 5) is 30.1.